The average molecular weight is 551 g/mol. The summed E-state index contributed by atoms with van der Waals surface area (Å²) in [5.74, 6) is 0. The Morgan fingerprint density at radius 1 is 0.795 bits per heavy atom. The molecule has 2 heterocycles. The van der Waals surface area contributed by atoms with Crippen LogP contribution < -0.4 is 0 Å². The van der Waals surface area contributed by atoms with Crippen molar-refractivity contribution in [2.75, 3.05) is 20.8 Å². The van der Waals surface area contributed by atoms with Gasteiger partial charge in [-0.05, 0) is 16.7 Å². The van der Waals surface area contributed by atoms with Gasteiger partial charge in [-0.15, -0.1) is 0 Å². The van der Waals surface area contributed by atoms with Crippen LogP contribution in [0.3, 0.4) is 0 Å². The molecule has 3 aromatic rings. The Hall–Kier alpha value is -2.75. The Kier molecular flexibility index (Phi) is 9.66. The molecule has 3 aromatic carbocycles. The number of fused-ring (bicyclic) bond motifs is 1. The van der Waals surface area contributed by atoms with Crippen LogP contribution in [-0.4, -0.2) is 66.7 Å². The van der Waals surface area contributed by atoms with Gasteiger partial charge in [-0.3, -0.25) is 4.99 Å². The number of alkyl halides is 1. The second-order valence-corrected chi connectivity index (χ2v) is 11.0. The quantitative estimate of drug-likeness (QED) is 0.316. The van der Waals surface area contributed by atoms with Crippen molar-refractivity contribution in [3.63, 3.8) is 0 Å². The van der Waals surface area contributed by atoms with Gasteiger partial charge in [0.2, 0.25) is 0 Å². The highest BCUT2D eigenvalue weighted by Gasteiger charge is 2.53. The van der Waals surface area contributed by atoms with Crippen molar-refractivity contribution in [3.05, 3.63) is 108 Å². The van der Waals surface area contributed by atoms with Gasteiger partial charge in [0.1, 0.15) is 42.6 Å². The van der Waals surface area contributed by atoms with E-state index in [-0.39, 0.29) is 18.1 Å². The highest BCUT2D eigenvalue weighted by atomic mass is 32.2. The van der Waals surface area contributed by atoms with E-state index in [0.717, 1.165) is 21.9 Å². The van der Waals surface area contributed by atoms with Crippen molar-refractivity contribution >= 4 is 16.9 Å². The van der Waals surface area contributed by atoms with E-state index in [0.29, 0.717) is 13.2 Å². The van der Waals surface area contributed by atoms with Gasteiger partial charge < -0.3 is 23.8 Å². The molecule has 6 nitrogen and oxygen atoms in total. The van der Waals surface area contributed by atoms with E-state index in [1.54, 1.807) is 0 Å². The van der Waals surface area contributed by atoms with Crippen LogP contribution in [0.4, 0.5) is 4.39 Å². The molecule has 206 valence electrons. The van der Waals surface area contributed by atoms with Gasteiger partial charge in [0.05, 0.1) is 19.8 Å². The number of benzene rings is 3. The fourth-order valence-electron chi connectivity index (χ4n) is 4.78. The van der Waals surface area contributed by atoms with Gasteiger partial charge in [0, 0.05) is 14.1 Å². The molecule has 2 aliphatic rings. The van der Waals surface area contributed by atoms with Crippen molar-refractivity contribution in [2.45, 2.75) is 55.7 Å². The second kappa shape index (κ2) is 13.5. The molecule has 1 fully saturated rings. The van der Waals surface area contributed by atoms with E-state index in [1.165, 1.54) is 11.8 Å². The standard InChI is InChI=1S/C31H35FN2O4S/c1-34(2)31-33-26-28(36-20-23-14-8-4-9-15-23)29(37-21-24-16-10-5-11-17-24)27(38-30(26)39-31)25(18-32)35-19-22-12-6-3-7-13-22/h3-17,25-30H,18-21H2,1-2H3/t25-,26-,27-,28-,29-,30-/m1/s1. The largest absolute Gasteiger partial charge is 0.368 e. The number of aliphatic imine (C=N–C) groups is 1. The van der Waals surface area contributed by atoms with Crippen molar-refractivity contribution in [1.82, 2.24) is 4.90 Å². The van der Waals surface area contributed by atoms with E-state index in [2.05, 4.69) is 0 Å². The van der Waals surface area contributed by atoms with E-state index in [9.17, 15) is 4.39 Å². The van der Waals surface area contributed by atoms with Crippen LogP contribution in [0.25, 0.3) is 0 Å². The average Bonchev–Trinajstić information content (AvgIpc) is 3.41. The summed E-state index contributed by atoms with van der Waals surface area (Å²) in [5.41, 5.74) is 2.69. The third-order valence-corrected chi connectivity index (χ3v) is 8.12. The molecule has 0 saturated carbocycles. The molecule has 0 N–H and O–H groups in total. The minimum atomic E-state index is -0.834. The molecule has 0 spiro atoms. The van der Waals surface area contributed by atoms with Crippen LogP contribution in [0, 0.1) is 0 Å². The Bertz CT molecular complexity index is 1180. The summed E-state index contributed by atoms with van der Waals surface area (Å²) in [5, 5.41) is 0.850. The third-order valence-electron chi connectivity index (χ3n) is 6.81. The maximum absolute atomic E-state index is 14.7. The number of thioether (sulfide) groups is 1. The van der Waals surface area contributed by atoms with E-state index in [4.69, 9.17) is 23.9 Å². The number of hydrogen-bond donors (Lipinski definition) is 0. The lowest BCUT2D eigenvalue weighted by Gasteiger charge is -2.44. The molecule has 2 aliphatic heterocycles. The van der Waals surface area contributed by atoms with Gasteiger partial charge >= 0.3 is 0 Å². The third kappa shape index (κ3) is 7.07. The lowest BCUT2D eigenvalue weighted by Crippen LogP contribution is -2.60. The minimum absolute atomic E-state index is 0.275. The zero-order chi connectivity index (χ0) is 27.0. The molecule has 0 aliphatic carbocycles. The van der Waals surface area contributed by atoms with Crippen molar-refractivity contribution in [2.24, 2.45) is 4.99 Å². The Morgan fingerprint density at radius 3 is 1.82 bits per heavy atom. The Labute approximate surface area is 234 Å². The fraction of sp³-hybridized carbons (Fsp3) is 0.387. The van der Waals surface area contributed by atoms with E-state index < -0.39 is 31.1 Å². The zero-order valence-electron chi connectivity index (χ0n) is 22.3. The van der Waals surface area contributed by atoms with Gasteiger partial charge in [-0.2, -0.15) is 0 Å². The first-order valence-electron chi connectivity index (χ1n) is 13.2. The summed E-state index contributed by atoms with van der Waals surface area (Å²) in [6.07, 6.45) is -2.58. The molecule has 8 heteroatoms. The smallest absolute Gasteiger partial charge is 0.161 e. The number of halogens is 1. The first-order chi connectivity index (χ1) is 19.1. The van der Waals surface area contributed by atoms with Gasteiger partial charge in [-0.25, -0.2) is 4.39 Å². The molecule has 39 heavy (non-hydrogen) atoms. The Balaban J connectivity index is 1.43. The molecule has 0 radical (unpaired) electrons. The number of rotatable bonds is 11. The molecule has 0 unspecified atom stereocenters. The Morgan fingerprint density at radius 2 is 1.31 bits per heavy atom. The minimum Gasteiger partial charge on any atom is -0.368 e. The molecule has 5 rings (SSSR count). The summed E-state index contributed by atoms with van der Waals surface area (Å²) >= 11 is 1.53. The van der Waals surface area contributed by atoms with E-state index >= 15 is 0 Å². The van der Waals surface area contributed by atoms with E-state index in [1.807, 2.05) is 110 Å². The van der Waals surface area contributed by atoms with Crippen LogP contribution in [-0.2, 0) is 38.8 Å². The maximum atomic E-state index is 14.7. The monoisotopic (exact) mass is 550 g/mol. The normalized spacial score (nSPS) is 25.1. The van der Waals surface area contributed by atoms with Gasteiger partial charge in [0.15, 0.2) is 5.17 Å². The number of nitrogens with zero attached hydrogens (tertiary/aromatic N) is 2. The molecular weight excluding hydrogens is 515 g/mol. The molecule has 0 aromatic heterocycles. The van der Waals surface area contributed by atoms with Crippen molar-refractivity contribution < 1.29 is 23.3 Å². The van der Waals surface area contributed by atoms with Crippen LogP contribution in [0.1, 0.15) is 16.7 Å². The molecule has 0 bridgehead atoms. The summed E-state index contributed by atoms with van der Waals surface area (Å²) in [7, 11) is 3.91. The summed E-state index contributed by atoms with van der Waals surface area (Å²) in [6.45, 7) is 0.285. The van der Waals surface area contributed by atoms with Crippen molar-refractivity contribution in [1.29, 1.82) is 0 Å². The summed E-state index contributed by atoms with van der Waals surface area (Å²) in [6, 6.07) is 29.4. The first-order valence-corrected chi connectivity index (χ1v) is 14.1. The summed E-state index contributed by atoms with van der Waals surface area (Å²) < 4.78 is 40.5. The predicted octanol–water partition coefficient (Wildman–Crippen LogP) is 5.47. The lowest BCUT2D eigenvalue weighted by atomic mass is 9.94. The number of ether oxygens (including phenoxy) is 4. The van der Waals surface area contributed by atoms with Gasteiger partial charge in [0.25, 0.3) is 0 Å². The van der Waals surface area contributed by atoms with Gasteiger partial charge in [-0.1, -0.05) is 103 Å². The highest BCUT2D eigenvalue weighted by Crippen LogP contribution is 2.41. The number of hydrogen-bond acceptors (Lipinski definition) is 7. The molecule has 0 amide bonds. The highest BCUT2D eigenvalue weighted by molar-refractivity contribution is 8.14. The molecule has 6 atom stereocenters. The van der Waals surface area contributed by atoms with Crippen LogP contribution in [0.2, 0.25) is 0 Å². The van der Waals surface area contributed by atoms with Crippen LogP contribution >= 0.6 is 11.8 Å². The molecular formula is C31H35FN2O4S. The predicted molar refractivity (Wildman–Crippen MR) is 152 cm³/mol. The molecule has 1 saturated heterocycles. The summed E-state index contributed by atoms with van der Waals surface area (Å²) in [4.78, 5) is 6.93. The number of amidine groups is 1. The SMILES string of the molecule is CN(C)C1=N[C@@H]2[C@@H](OCc3ccccc3)[C@H](OCc3ccccc3)[C@@H]([C@@H](CF)OCc3ccccc3)O[C@@H]2S1. The zero-order valence-corrected chi connectivity index (χ0v) is 23.1. The van der Waals surface area contributed by atoms with Crippen LogP contribution in [0.15, 0.2) is 96.0 Å². The second-order valence-electron chi connectivity index (χ2n) is 9.90. The lowest BCUT2D eigenvalue weighted by molar-refractivity contribution is -0.230. The maximum Gasteiger partial charge on any atom is 0.161 e. The van der Waals surface area contributed by atoms with Crippen molar-refractivity contribution in [3.8, 4) is 0 Å². The first kappa shape index (κ1) is 27.8. The van der Waals surface area contributed by atoms with Crippen LogP contribution in [0.5, 0.6) is 0 Å². The fourth-order valence-corrected chi connectivity index (χ4v) is 5.92. The topological polar surface area (TPSA) is 52.5 Å².